The Morgan fingerprint density at radius 1 is 1.29 bits per heavy atom. The van der Waals surface area contributed by atoms with E-state index in [9.17, 15) is 14.4 Å². The van der Waals surface area contributed by atoms with Crippen LogP contribution in [-0.4, -0.2) is 37.9 Å². The first kappa shape index (κ1) is 15.6. The van der Waals surface area contributed by atoms with Gasteiger partial charge in [-0.25, -0.2) is 0 Å². The summed E-state index contributed by atoms with van der Waals surface area (Å²) >= 11 is 0. The zero-order valence-corrected chi connectivity index (χ0v) is 12.7. The Labute approximate surface area is 124 Å². The van der Waals surface area contributed by atoms with Gasteiger partial charge in [-0.1, -0.05) is 12.2 Å². The van der Waals surface area contributed by atoms with Crippen molar-refractivity contribution in [3.05, 3.63) is 23.8 Å². The highest BCUT2D eigenvalue weighted by Crippen LogP contribution is 2.48. The molecule has 2 aliphatic carbocycles. The third-order valence-corrected chi connectivity index (χ3v) is 4.63. The molecule has 0 amide bonds. The number of Topliss-reactive ketones (excluding diaryl/α,β-unsaturated/α-hetero) is 1. The molecule has 0 radical (unpaired) electrons. The summed E-state index contributed by atoms with van der Waals surface area (Å²) in [7, 11) is 2.83. The third-order valence-electron chi connectivity index (χ3n) is 4.63. The van der Waals surface area contributed by atoms with Gasteiger partial charge in [0, 0.05) is 13.0 Å². The Bertz CT molecular complexity index is 545. The average molecular weight is 292 g/mol. The van der Waals surface area contributed by atoms with E-state index in [4.69, 9.17) is 9.47 Å². The molecule has 21 heavy (non-hydrogen) atoms. The van der Waals surface area contributed by atoms with Gasteiger partial charge < -0.3 is 9.47 Å². The quantitative estimate of drug-likeness (QED) is 0.582. The summed E-state index contributed by atoms with van der Waals surface area (Å²) in [6, 6.07) is 0. The number of esters is 1. The molecule has 4 atom stereocenters. The normalized spacial score (nSPS) is 35.2. The van der Waals surface area contributed by atoms with Crippen LogP contribution in [0.2, 0.25) is 0 Å². The van der Waals surface area contributed by atoms with E-state index >= 15 is 0 Å². The standard InChI is InChI=1S/C16H20O5/c1-9-7-11(17)16(2)12(20-3)6-5-10(8-13(18)21-4)14(16)15(9)19/h5-7,10,12,14H,8H2,1-4H3. The molecule has 0 heterocycles. The number of carbonyl (C=O) groups is 3. The Balaban J connectivity index is 2.49. The molecule has 0 aliphatic heterocycles. The average Bonchev–Trinajstić information content (AvgIpc) is 2.45. The smallest absolute Gasteiger partial charge is 0.306 e. The monoisotopic (exact) mass is 292 g/mol. The van der Waals surface area contributed by atoms with Crippen LogP contribution in [0.25, 0.3) is 0 Å². The molecule has 0 bridgehead atoms. The summed E-state index contributed by atoms with van der Waals surface area (Å²) in [4.78, 5) is 36.7. The summed E-state index contributed by atoms with van der Waals surface area (Å²) in [5.41, 5.74) is -0.541. The Morgan fingerprint density at radius 2 is 1.95 bits per heavy atom. The SMILES string of the molecule is COC(=O)CC1C=CC(OC)C2(C)C(=O)C=C(C)C(=O)C12. The lowest BCUT2D eigenvalue weighted by molar-refractivity contribution is -0.150. The van der Waals surface area contributed by atoms with Gasteiger partial charge in [-0.2, -0.15) is 0 Å². The Hall–Kier alpha value is -1.75. The van der Waals surface area contributed by atoms with Crippen LogP contribution in [0.1, 0.15) is 20.3 Å². The van der Waals surface area contributed by atoms with Crippen LogP contribution in [0.5, 0.6) is 0 Å². The van der Waals surface area contributed by atoms with Crippen molar-refractivity contribution in [2.75, 3.05) is 14.2 Å². The van der Waals surface area contributed by atoms with Crippen LogP contribution in [0, 0.1) is 17.3 Å². The number of hydrogen-bond donors (Lipinski definition) is 0. The van der Waals surface area contributed by atoms with Gasteiger partial charge in [-0.3, -0.25) is 14.4 Å². The Kier molecular flexibility index (Phi) is 4.14. The fourth-order valence-corrected chi connectivity index (χ4v) is 3.39. The molecule has 4 unspecified atom stereocenters. The summed E-state index contributed by atoms with van der Waals surface area (Å²) in [6.07, 6.45) is 4.55. The first-order valence-electron chi connectivity index (χ1n) is 6.91. The van der Waals surface area contributed by atoms with Gasteiger partial charge in [0.2, 0.25) is 0 Å². The zero-order valence-electron chi connectivity index (χ0n) is 12.7. The van der Waals surface area contributed by atoms with E-state index in [-0.39, 0.29) is 23.9 Å². The minimum atomic E-state index is -0.973. The van der Waals surface area contributed by atoms with Crippen LogP contribution in [0.3, 0.4) is 0 Å². The number of ketones is 2. The fourth-order valence-electron chi connectivity index (χ4n) is 3.39. The third kappa shape index (κ3) is 2.35. The van der Waals surface area contributed by atoms with Crippen molar-refractivity contribution in [3.8, 4) is 0 Å². The largest absolute Gasteiger partial charge is 0.469 e. The maximum atomic E-state index is 12.6. The highest BCUT2D eigenvalue weighted by molar-refractivity contribution is 6.13. The zero-order chi connectivity index (χ0) is 15.8. The van der Waals surface area contributed by atoms with Crippen LogP contribution < -0.4 is 0 Å². The van der Waals surface area contributed by atoms with Crippen molar-refractivity contribution in [1.82, 2.24) is 0 Å². The second-order valence-corrected chi connectivity index (χ2v) is 5.80. The first-order valence-corrected chi connectivity index (χ1v) is 6.91. The van der Waals surface area contributed by atoms with E-state index in [0.29, 0.717) is 5.57 Å². The molecule has 0 aromatic carbocycles. The number of ether oxygens (including phenoxy) is 2. The van der Waals surface area contributed by atoms with Crippen molar-refractivity contribution < 1.29 is 23.9 Å². The first-order chi connectivity index (χ1) is 9.86. The molecule has 0 spiro atoms. The highest BCUT2D eigenvalue weighted by Gasteiger charge is 2.56. The second kappa shape index (κ2) is 5.56. The summed E-state index contributed by atoms with van der Waals surface area (Å²) < 4.78 is 10.1. The number of fused-ring (bicyclic) bond motifs is 1. The van der Waals surface area contributed by atoms with Gasteiger partial charge in [-0.05, 0) is 31.4 Å². The number of allylic oxidation sites excluding steroid dienone is 3. The van der Waals surface area contributed by atoms with E-state index in [1.165, 1.54) is 20.3 Å². The summed E-state index contributed by atoms with van der Waals surface area (Å²) in [5, 5.41) is 0. The van der Waals surface area contributed by atoms with Gasteiger partial charge >= 0.3 is 5.97 Å². The Morgan fingerprint density at radius 3 is 2.52 bits per heavy atom. The molecule has 0 aromatic heterocycles. The number of rotatable bonds is 3. The van der Waals surface area contributed by atoms with Gasteiger partial charge in [0.1, 0.15) is 0 Å². The molecule has 0 saturated heterocycles. The molecule has 0 saturated carbocycles. The lowest BCUT2D eigenvalue weighted by atomic mass is 9.56. The maximum absolute atomic E-state index is 12.6. The minimum Gasteiger partial charge on any atom is -0.469 e. The molecule has 114 valence electrons. The van der Waals surface area contributed by atoms with Gasteiger partial charge in [0.25, 0.3) is 0 Å². The van der Waals surface area contributed by atoms with Gasteiger partial charge in [-0.15, -0.1) is 0 Å². The van der Waals surface area contributed by atoms with E-state index < -0.39 is 23.4 Å². The predicted molar refractivity (Wildman–Crippen MR) is 75.4 cm³/mol. The maximum Gasteiger partial charge on any atom is 0.306 e. The molecule has 0 fully saturated rings. The molecule has 5 nitrogen and oxygen atoms in total. The van der Waals surface area contributed by atoms with Crippen molar-refractivity contribution >= 4 is 17.5 Å². The molecule has 2 rings (SSSR count). The van der Waals surface area contributed by atoms with E-state index in [0.717, 1.165) is 0 Å². The molecule has 0 N–H and O–H groups in total. The van der Waals surface area contributed by atoms with Crippen LogP contribution >= 0.6 is 0 Å². The van der Waals surface area contributed by atoms with Gasteiger partial charge in [0.05, 0.1) is 25.0 Å². The van der Waals surface area contributed by atoms with Gasteiger partial charge in [0.15, 0.2) is 11.6 Å². The molecule has 0 aromatic rings. The van der Waals surface area contributed by atoms with Crippen LogP contribution in [0.4, 0.5) is 0 Å². The topological polar surface area (TPSA) is 69.7 Å². The molecule has 5 heteroatoms. The number of hydrogen-bond acceptors (Lipinski definition) is 5. The minimum absolute atomic E-state index is 0.0794. The number of carbonyl (C=O) groups excluding carboxylic acids is 3. The van der Waals surface area contributed by atoms with Crippen molar-refractivity contribution in [2.24, 2.45) is 17.3 Å². The van der Waals surface area contributed by atoms with Crippen LogP contribution in [-0.2, 0) is 23.9 Å². The lowest BCUT2D eigenvalue weighted by Gasteiger charge is -2.46. The van der Waals surface area contributed by atoms with Crippen molar-refractivity contribution in [3.63, 3.8) is 0 Å². The summed E-state index contributed by atoms with van der Waals surface area (Å²) in [6.45, 7) is 3.37. The van der Waals surface area contributed by atoms with E-state index in [1.54, 1.807) is 26.0 Å². The van der Waals surface area contributed by atoms with E-state index in [2.05, 4.69) is 0 Å². The van der Waals surface area contributed by atoms with E-state index in [1.807, 2.05) is 0 Å². The van der Waals surface area contributed by atoms with Crippen LogP contribution in [0.15, 0.2) is 23.8 Å². The number of methoxy groups -OCH3 is 2. The van der Waals surface area contributed by atoms with Crippen molar-refractivity contribution in [1.29, 1.82) is 0 Å². The van der Waals surface area contributed by atoms with Crippen molar-refractivity contribution in [2.45, 2.75) is 26.4 Å². The second-order valence-electron chi connectivity index (χ2n) is 5.80. The summed E-state index contributed by atoms with van der Waals surface area (Å²) in [5.74, 6) is -1.57. The predicted octanol–water partition coefficient (Wildman–Crippen LogP) is 1.47. The molecular formula is C16H20O5. The lowest BCUT2D eigenvalue weighted by Crippen LogP contribution is -2.55. The molecular weight excluding hydrogens is 272 g/mol. The molecule has 2 aliphatic rings. The fraction of sp³-hybridized carbons (Fsp3) is 0.562. The highest BCUT2D eigenvalue weighted by atomic mass is 16.5.